The van der Waals surface area contributed by atoms with Crippen molar-refractivity contribution in [3.63, 3.8) is 0 Å². The van der Waals surface area contributed by atoms with Gasteiger partial charge in [0.15, 0.2) is 0 Å². The third-order valence-corrected chi connectivity index (χ3v) is 2.58. The molecule has 0 saturated heterocycles. The molecule has 110 valence electrons. The minimum atomic E-state index is -0.721. The third-order valence-electron chi connectivity index (χ3n) is 2.58. The number of primary amides is 2. The van der Waals surface area contributed by atoms with Gasteiger partial charge in [-0.15, -0.1) is 0 Å². The number of anilines is 1. The summed E-state index contributed by atoms with van der Waals surface area (Å²) in [6.45, 7) is 1.80. The summed E-state index contributed by atoms with van der Waals surface area (Å²) < 4.78 is 1.67. The van der Waals surface area contributed by atoms with E-state index in [1.807, 2.05) is 6.92 Å². The molecule has 3 amide bonds. The first-order chi connectivity index (χ1) is 9.35. The Morgan fingerprint density at radius 3 is 2.20 bits per heavy atom. The fourth-order valence-electron chi connectivity index (χ4n) is 1.88. The molecular weight excluding hydrogens is 262 g/mol. The van der Waals surface area contributed by atoms with Crippen LogP contribution in [0.25, 0.3) is 0 Å². The summed E-state index contributed by atoms with van der Waals surface area (Å²) in [6.07, 6.45) is 2.43. The molecule has 0 bridgehead atoms. The van der Waals surface area contributed by atoms with Gasteiger partial charge in [0, 0.05) is 12.7 Å². The summed E-state index contributed by atoms with van der Waals surface area (Å²) in [5.41, 5.74) is 16.5. The average Bonchev–Trinajstić information content (AvgIpc) is 2.68. The largest absolute Gasteiger partial charge is 0.397 e. The molecule has 0 radical (unpaired) electrons. The molecule has 0 aromatic carbocycles. The third kappa shape index (κ3) is 4.01. The zero-order valence-electron chi connectivity index (χ0n) is 11.3. The number of hydrogen-bond acceptors (Lipinski definition) is 4. The van der Waals surface area contributed by atoms with E-state index < -0.39 is 17.7 Å². The minimum absolute atomic E-state index is 0.298. The molecule has 0 spiro atoms. The van der Waals surface area contributed by atoms with Gasteiger partial charge in [-0.05, 0) is 12.5 Å². The summed E-state index contributed by atoms with van der Waals surface area (Å²) in [5, 5.41) is 0. The van der Waals surface area contributed by atoms with Crippen LogP contribution in [0.2, 0.25) is 0 Å². The lowest BCUT2D eigenvalue weighted by molar-refractivity contribution is -0.121. The van der Waals surface area contributed by atoms with E-state index in [0.29, 0.717) is 17.9 Å². The van der Waals surface area contributed by atoms with Crippen LogP contribution in [0.5, 0.6) is 0 Å². The van der Waals surface area contributed by atoms with E-state index in [-0.39, 0.29) is 13.1 Å². The Kier molecular flexibility index (Phi) is 5.13. The van der Waals surface area contributed by atoms with Crippen LogP contribution < -0.4 is 17.2 Å². The number of nitrogens with two attached hydrogens (primary N) is 3. The molecular formula is C12H19N5O3. The van der Waals surface area contributed by atoms with Crippen LogP contribution in [-0.2, 0) is 16.1 Å². The standard InChI is InChI=1S/C12H19N5O3/c1-2-3-16-5-8(13)4-9(16)12(20)17(6-10(14)18)7-11(15)19/h4-5H,2-3,6-7,13H2,1H3,(H2,14,18)(H2,15,19). The van der Waals surface area contributed by atoms with Gasteiger partial charge in [0.2, 0.25) is 11.8 Å². The highest BCUT2D eigenvalue weighted by atomic mass is 16.2. The Hall–Kier alpha value is -2.51. The molecule has 0 aliphatic heterocycles. The Morgan fingerprint density at radius 2 is 1.75 bits per heavy atom. The monoisotopic (exact) mass is 281 g/mol. The number of carbonyl (C=O) groups excluding carboxylic acids is 3. The fourth-order valence-corrected chi connectivity index (χ4v) is 1.88. The zero-order valence-corrected chi connectivity index (χ0v) is 11.3. The molecule has 1 heterocycles. The lowest BCUT2D eigenvalue weighted by Gasteiger charge is -2.20. The van der Waals surface area contributed by atoms with Crippen LogP contribution in [0, 0.1) is 0 Å². The SMILES string of the molecule is CCCn1cc(N)cc1C(=O)N(CC(N)=O)CC(N)=O. The van der Waals surface area contributed by atoms with Crippen molar-refractivity contribution in [2.24, 2.45) is 11.5 Å². The molecule has 20 heavy (non-hydrogen) atoms. The van der Waals surface area contributed by atoms with E-state index in [9.17, 15) is 14.4 Å². The number of hydrogen-bond donors (Lipinski definition) is 3. The number of rotatable bonds is 7. The van der Waals surface area contributed by atoms with Crippen LogP contribution in [0.3, 0.4) is 0 Å². The minimum Gasteiger partial charge on any atom is -0.397 e. The van der Waals surface area contributed by atoms with Gasteiger partial charge in [-0.25, -0.2) is 0 Å². The van der Waals surface area contributed by atoms with Crippen LogP contribution >= 0.6 is 0 Å². The van der Waals surface area contributed by atoms with Gasteiger partial charge in [0.25, 0.3) is 5.91 Å². The van der Waals surface area contributed by atoms with Gasteiger partial charge in [0.1, 0.15) is 18.8 Å². The van der Waals surface area contributed by atoms with Gasteiger partial charge < -0.3 is 26.7 Å². The first-order valence-corrected chi connectivity index (χ1v) is 6.16. The molecule has 1 rings (SSSR count). The van der Waals surface area contributed by atoms with Gasteiger partial charge >= 0.3 is 0 Å². The molecule has 0 atom stereocenters. The number of nitrogens with zero attached hydrogens (tertiary/aromatic N) is 2. The summed E-state index contributed by atoms with van der Waals surface area (Å²) in [6, 6.07) is 1.49. The van der Waals surface area contributed by atoms with E-state index >= 15 is 0 Å². The summed E-state index contributed by atoms with van der Waals surface area (Å²) in [4.78, 5) is 35.3. The Morgan fingerprint density at radius 1 is 1.20 bits per heavy atom. The second-order valence-electron chi connectivity index (χ2n) is 4.45. The van der Waals surface area contributed by atoms with E-state index in [4.69, 9.17) is 17.2 Å². The topological polar surface area (TPSA) is 137 Å². The van der Waals surface area contributed by atoms with Crippen LogP contribution in [0.15, 0.2) is 12.3 Å². The number of carbonyl (C=O) groups is 3. The normalized spacial score (nSPS) is 10.2. The van der Waals surface area contributed by atoms with Crippen molar-refractivity contribution in [1.82, 2.24) is 9.47 Å². The Labute approximate surface area is 116 Å². The van der Waals surface area contributed by atoms with Crippen LogP contribution in [-0.4, -0.2) is 40.3 Å². The molecule has 1 aromatic rings. The number of aromatic nitrogens is 1. The Balaban J connectivity index is 3.04. The summed E-state index contributed by atoms with van der Waals surface area (Å²) >= 11 is 0. The molecule has 1 aromatic heterocycles. The fraction of sp³-hybridized carbons (Fsp3) is 0.417. The molecule has 0 unspecified atom stereocenters. The van der Waals surface area contributed by atoms with Gasteiger partial charge in [-0.2, -0.15) is 0 Å². The number of amides is 3. The molecule has 6 N–H and O–H groups in total. The van der Waals surface area contributed by atoms with E-state index in [2.05, 4.69) is 0 Å². The maximum absolute atomic E-state index is 12.4. The lowest BCUT2D eigenvalue weighted by Crippen LogP contribution is -2.43. The lowest BCUT2D eigenvalue weighted by atomic mass is 10.3. The molecule has 0 fully saturated rings. The second-order valence-corrected chi connectivity index (χ2v) is 4.45. The van der Waals surface area contributed by atoms with Crippen molar-refractivity contribution in [3.05, 3.63) is 18.0 Å². The quantitative estimate of drug-likeness (QED) is 0.583. The van der Waals surface area contributed by atoms with Gasteiger partial charge in [-0.3, -0.25) is 14.4 Å². The van der Waals surface area contributed by atoms with Crippen molar-refractivity contribution in [3.8, 4) is 0 Å². The molecule has 0 saturated carbocycles. The van der Waals surface area contributed by atoms with Gasteiger partial charge in [0.05, 0.1) is 5.69 Å². The highest BCUT2D eigenvalue weighted by Gasteiger charge is 2.22. The molecule has 0 aliphatic carbocycles. The first-order valence-electron chi connectivity index (χ1n) is 6.16. The summed E-state index contributed by atoms with van der Waals surface area (Å²) in [7, 11) is 0. The van der Waals surface area contributed by atoms with Crippen molar-refractivity contribution in [2.45, 2.75) is 19.9 Å². The molecule has 0 aliphatic rings. The zero-order chi connectivity index (χ0) is 15.3. The highest BCUT2D eigenvalue weighted by molar-refractivity contribution is 5.98. The maximum Gasteiger partial charge on any atom is 0.271 e. The van der Waals surface area contributed by atoms with Crippen molar-refractivity contribution >= 4 is 23.4 Å². The maximum atomic E-state index is 12.4. The predicted molar refractivity (Wildman–Crippen MR) is 73.4 cm³/mol. The number of nitrogen functional groups attached to an aromatic ring is 1. The highest BCUT2D eigenvalue weighted by Crippen LogP contribution is 2.14. The van der Waals surface area contributed by atoms with Crippen molar-refractivity contribution < 1.29 is 14.4 Å². The molecule has 8 nitrogen and oxygen atoms in total. The van der Waals surface area contributed by atoms with Crippen LogP contribution in [0.4, 0.5) is 5.69 Å². The van der Waals surface area contributed by atoms with Crippen LogP contribution in [0.1, 0.15) is 23.8 Å². The van der Waals surface area contributed by atoms with Gasteiger partial charge in [-0.1, -0.05) is 6.92 Å². The second kappa shape index (κ2) is 6.60. The smallest absolute Gasteiger partial charge is 0.271 e. The first kappa shape index (κ1) is 15.5. The van der Waals surface area contributed by atoms with Crippen molar-refractivity contribution in [2.75, 3.05) is 18.8 Å². The summed E-state index contributed by atoms with van der Waals surface area (Å²) in [5.74, 6) is -1.95. The van der Waals surface area contributed by atoms with E-state index in [0.717, 1.165) is 11.3 Å². The van der Waals surface area contributed by atoms with Crippen molar-refractivity contribution in [1.29, 1.82) is 0 Å². The van der Waals surface area contributed by atoms with E-state index in [1.54, 1.807) is 10.8 Å². The number of aryl methyl sites for hydroxylation is 1. The molecule has 8 heteroatoms. The average molecular weight is 281 g/mol. The van der Waals surface area contributed by atoms with E-state index in [1.165, 1.54) is 6.07 Å². The predicted octanol–water partition coefficient (Wildman–Crippen LogP) is -1.11. The Bertz CT molecular complexity index is 507.